The highest BCUT2D eigenvalue weighted by Crippen LogP contribution is 2.10. The van der Waals surface area contributed by atoms with Crippen molar-refractivity contribution in [2.24, 2.45) is 10.7 Å². The predicted octanol–water partition coefficient (Wildman–Crippen LogP) is 2.12. The van der Waals surface area contributed by atoms with Crippen molar-refractivity contribution in [3.8, 4) is 0 Å². The Kier molecular flexibility index (Phi) is 5.60. The van der Waals surface area contributed by atoms with E-state index < -0.39 is 0 Å². The van der Waals surface area contributed by atoms with Crippen molar-refractivity contribution in [3.63, 3.8) is 0 Å². The fraction of sp³-hybridized carbons (Fsp3) is 0.500. The van der Waals surface area contributed by atoms with Gasteiger partial charge < -0.3 is 16.0 Å². The second-order valence-corrected chi connectivity index (χ2v) is 5.45. The van der Waals surface area contributed by atoms with Crippen LogP contribution in [0.5, 0.6) is 0 Å². The van der Waals surface area contributed by atoms with Gasteiger partial charge in [0.25, 0.3) is 0 Å². The van der Waals surface area contributed by atoms with Gasteiger partial charge in [-0.2, -0.15) is 0 Å². The number of likely N-dealkylation sites (tertiary alicyclic amines) is 1. The summed E-state index contributed by atoms with van der Waals surface area (Å²) in [5, 5.41) is 3.04. The second kappa shape index (κ2) is 7.67. The summed E-state index contributed by atoms with van der Waals surface area (Å²) in [7, 11) is 0. The van der Waals surface area contributed by atoms with Crippen LogP contribution in [0, 0.1) is 6.92 Å². The molecule has 0 aliphatic carbocycles. The fourth-order valence-corrected chi connectivity index (χ4v) is 2.48. The Labute approximate surface area is 126 Å². The second-order valence-electron chi connectivity index (χ2n) is 5.45. The highest BCUT2D eigenvalue weighted by Gasteiger charge is 2.15. The molecule has 1 amide bonds. The van der Waals surface area contributed by atoms with Crippen LogP contribution in [0.25, 0.3) is 0 Å². The van der Waals surface area contributed by atoms with Crippen molar-refractivity contribution in [1.82, 2.24) is 4.90 Å². The Balaban J connectivity index is 1.76. The number of nitrogens with two attached hydrogens (primary N) is 1. The van der Waals surface area contributed by atoms with Crippen LogP contribution < -0.4 is 11.1 Å². The van der Waals surface area contributed by atoms with E-state index in [2.05, 4.69) is 10.3 Å². The van der Waals surface area contributed by atoms with Gasteiger partial charge in [0.15, 0.2) is 5.96 Å². The first-order chi connectivity index (χ1) is 10.1. The summed E-state index contributed by atoms with van der Waals surface area (Å²) in [5.74, 6) is 0.536. The van der Waals surface area contributed by atoms with Gasteiger partial charge in [-0.15, -0.1) is 0 Å². The number of aliphatic imine (C=N–C) groups is 1. The van der Waals surface area contributed by atoms with Gasteiger partial charge in [-0.3, -0.25) is 9.79 Å². The highest BCUT2D eigenvalue weighted by molar-refractivity contribution is 5.92. The van der Waals surface area contributed by atoms with Crippen LogP contribution in [0.3, 0.4) is 0 Å². The van der Waals surface area contributed by atoms with E-state index in [1.54, 1.807) is 0 Å². The summed E-state index contributed by atoms with van der Waals surface area (Å²) in [6, 6.07) is 7.93. The summed E-state index contributed by atoms with van der Waals surface area (Å²) in [6.45, 7) is 4.23. The lowest BCUT2D eigenvalue weighted by Gasteiger charge is -2.26. The molecule has 0 radical (unpaired) electrons. The maximum atomic E-state index is 12.0. The summed E-state index contributed by atoms with van der Waals surface area (Å²) < 4.78 is 0. The van der Waals surface area contributed by atoms with E-state index in [0.29, 0.717) is 18.9 Å². The molecule has 1 saturated heterocycles. The number of rotatable bonds is 4. The van der Waals surface area contributed by atoms with Crippen LogP contribution in [0.1, 0.15) is 31.2 Å². The van der Waals surface area contributed by atoms with Crippen LogP contribution in [-0.2, 0) is 4.79 Å². The van der Waals surface area contributed by atoms with Gasteiger partial charge in [-0.05, 0) is 43.9 Å². The molecule has 0 bridgehead atoms. The highest BCUT2D eigenvalue weighted by atomic mass is 16.2. The number of anilines is 1. The molecule has 114 valence electrons. The Morgan fingerprint density at radius 1 is 1.33 bits per heavy atom. The topological polar surface area (TPSA) is 70.7 Å². The standard InChI is InChI=1S/C16H24N4O/c1-13-6-5-7-14(12-13)19-16(17)18-9-8-15(21)20-10-3-2-4-11-20/h5-7,12H,2-4,8-11H2,1H3,(H3,17,18,19). The normalized spacial score (nSPS) is 15.9. The zero-order chi connectivity index (χ0) is 15.1. The molecule has 0 unspecified atom stereocenters. The largest absolute Gasteiger partial charge is 0.370 e. The number of hydrogen-bond acceptors (Lipinski definition) is 2. The van der Waals surface area contributed by atoms with Gasteiger partial charge in [0, 0.05) is 25.2 Å². The monoisotopic (exact) mass is 288 g/mol. The molecule has 0 aromatic heterocycles. The summed E-state index contributed by atoms with van der Waals surface area (Å²) in [4.78, 5) is 18.1. The van der Waals surface area contributed by atoms with Crippen molar-refractivity contribution in [2.75, 3.05) is 25.0 Å². The third kappa shape index (κ3) is 5.10. The molecule has 21 heavy (non-hydrogen) atoms. The molecule has 0 saturated carbocycles. The molecule has 1 fully saturated rings. The number of carbonyl (C=O) groups is 1. The van der Waals surface area contributed by atoms with Crippen molar-refractivity contribution in [3.05, 3.63) is 29.8 Å². The van der Waals surface area contributed by atoms with Crippen LogP contribution in [0.15, 0.2) is 29.3 Å². The molecule has 3 N–H and O–H groups in total. The van der Waals surface area contributed by atoms with E-state index in [0.717, 1.165) is 37.2 Å². The predicted molar refractivity (Wildman–Crippen MR) is 86.3 cm³/mol. The molecule has 2 rings (SSSR count). The lowest BCUT2D eigenvalue weighted by molar-refractivity contribution is -0.131. The smallest absolute Gasteiger partial charge is 0.224 e. The lowest BCUT2D eigenvalue weighted by Crippen LogP contribution is -2.36. The minimum Gasteiger partial charge on any atom is -0.370 e. The number of piperidine rings is 1. The summed E-state index contributed by atoms with van der Waals surface area (Å²) in [6.07, 6.45) is 3.89. The molecule has 5 nitrogen and oxygen atoms in total. The van der Waals surface area contributed by atoms with E-state index in [1.165, 1.54) is 6.42 Å². The third-order valence-corrected chi connectivity index (χ3v) is 3.61. The quantitative estimate of drug-likeness (QED) is 0.658. The van der Waals surface area contributed by atoms with Crippen LogP contribution in [-0.4, -0.2) is 36.4 Å². The van der Waals surface area contributed by atoms with Gasteiger partial charge >= 0.3 is 0 Å². The Morgan fingerprint density at radius 3 is 2.81 bits per heavy atom. The number of amides is 1. The van der Waals surface area contributed by atoms with E-state index in [9.17, 15) is 4.79 Å². The van der Waals surface area contributed by atoms with Crippen molar-refractivity contribution >= 4 is 17.6 Å². The van der Waals surface area contributed by atoms with Crippen molar-refractivity contribution in [1.29, 1.82) is 0 Å². The molecule has 1 aliphatic rings. The first kappa shape index (κ1) is 15.4. The molecule has 1 aromatic rings. The van der Waals surface area contributed by atoms with Crippen LogP contribution >= 0.6 is 0 Å². The molecular formula is C16H24N4O. The molecule has 5 heteroatoms. The van der Waals surface area contributed by atoms with Crippen molar-refractivity contribution in [2.45, 2.75) is 32.6 Å². The minimum atomic E-state index is 0.182. The molecule has 0 atom stereocenters. The number of benzene rings is 1. The molecule has 1 aliphatic heterocycles. The van der Waals surface area contributed by atoms with Gasteiger partial charge in [-0.25, -0.2) is 0 Å². The zero-order valence-electron chi connectivity index (χ0n) is 12.6. The van der Waals surface area contributed by atoms with E-state index in [1.807, 2.05) is 36.1 Å². The van der Waals surface area contributed by atoms with Crippen LogP contribution in [0.4, 0.5) is 5.69 Å². The van der Waals surface area contributed by atoms with E-state index in [4.69, 9.17) is 5.73 Å². The maximum Gasteiger partial charge on any atom is 0.224 e. The lowest BCUT2D eigenvalue weighted by atomic mass is 10.1. The Morgan fingerprint density at radius 2 is 2.10 bits per heavy atom. The van der Waals surface area contributed by atoms with Gasteiger partial charge in [0.2, 0.25) is 5.91 Å². The number of aryl methyl sites for hydroxylation is 1. The SMILES string of the molecule is Cc1cccc(NC(N)=NCCC(=O)N2CCCCC2)c1. The van der Waals surface area contributed by atoms with Gasteiger partial charge in [0.1, 0.15) is 0 Å². The van der Waals surface area contributed by atoms with E-state index >= 15 is 0 Å². The third-order valence-electron chi connectivity index (χ3n) is 3.61. The zero-order valence-corrected chi connectivity index (χ0v) is 12.6. The van der Waals surface area contributed by atoms with Crippen molar-refractivity contribution < 1.29 is 4.79 Å². The molecule has 1 aromatic carbocycles. The average Bonchev–Trinajstić information content (AvgIpc) is 2.48. The first-order valence-corrected chi connectivity index (χ1v) is 7.56. The Hall–Kier alpha value is -2.04. The van der Waals surface area contributed by atoms with Crippen LogP contribution in [0.2, 0.25) is 0 Å². The molecule has 0 spiro atoms. The number of hydrogen-bond donors (Lipinski definition) is 2. The Bertz CT molecular complexity index is 507. The first-order valence-electron chi connectivity index (χ1n) is 7.56. The number of guanidine groups is 1. The number of nitrogens with zero attached hydrogens (tertiary/aromatic N) is 2. The minimum absolute atomic E-state index is 0.182. The molecule has 1 heterocycles. The number of nitrogens with one attached hydrogen (secondary N) is 1. The summed E-state index contributed by atoms with van der Waals surface area (Å²) >= 11 is 0. The molecular weight excluding hydrogens is 264 g/mol. The fourth-order valence-electron chi connectivity index (χ4n) is 2.48. The van der Waals surface area contributed by atoms with E-state index in [-0.39, 0.29) is 5.91 Å². The average molecular weight is 288 g/mol. The summed E-state index contributed by atoms with van der Waals surface area (Å²) in [5.41, 5.74) is 7.91. The van der Waals surface area contributed by atoms with Gasteiger partial charge in [-0.1, -0.05) is 12.1 Å². The van der Waals surface area contributed by atoms with Gasteiger partial charge in [0.05, 0.1) is 6.54 Å². The maximum absolute atomic E-state index is 12.0. The number of carbonyl (C=O) groups excluding carboxylic acids is 1.